The SMILES string of the molecule is C[Si](C)(C)C#Cc1ccc(-n2c3ccc(Br)cc3c3cc(C#Cc4ccc([N+](=O)[O-])cc4)ccc32)cc1. The standard InChI is InChI=1S/C31H23BrN2O2Si/c1-37(2,3)19-18-23-6-12-26(13-7-23)33-30-16-10-24(5-4-22-8-14-27(15-9-22)34(35)36)20-28(30)29-21-25(32)11-17-31(29)33/h6-17,20-21H,1-3H3. The van der Waals surface area contributed by atoms with Crippen molar-refractivity contribution in [1.29, 1.82) is 0 Å². The molecule has 0 saturated heterocycles. The molecular formula is C31H23BrN2O2Si. The lowest BCUT2D eigenvalue weighted by atomic mass is 10.1. The maximum Gasteiger partial charge on any atom is 0.269 e. The largest absolute Gasteiger partial charge is 0.309 e. The summed E-state index contributed by atoms with van der Waals surface area (Å²) in [5, 5.41) is 13.1. The highest BCUT2D eigenvalue weighted by Gasteiger charge is 2.13. The Morgan fingerprint density at radius 1 is 0.730 bits per heavy atom. The number of benzene rings is 4. The first-order valence-electron chi connectivity index (χ1n) is 11.8. The predicted octanol–water partition coefficient (Wildman–Crippen LogP) is 8.08. The number of rotatable bonds is 2. The van der Waals surface area contributed by atoms with E-state index in [1.54, 1.807) is 12.1 Å². The number of aromatic nitrogens is 1. The Labute approximate surface area is 225 Å². The van der Waals surface area contributed by atoms with Crippen LogP contribution in [-0.4, -0.2) is 17.6 Å². The molecule has 0 spiro atoms. The van der Waals surface area contributed by atoms with E-state index in [4.69, 9.17) is 0 Å². The van der Waals surface area contributed by atoms with Gasteiger partial charge >= 0.3 is 0 Å². The van der Waals surface area contributed by atoms with Crippen LogP contribution in [0.1, 0.15) is 16.7 Å². The summed E-state index contributed by atoms with van der Waals surface area (Å²) in [6.07, 6.45) is 0. The van der Waals surface area contributed by atoms with Crippen molar-refractivity contribution in [3.8, 4) is 29.0 Å². The summed E-state index contributed by atoms with van der Waals surface area (Å²) in [4.78, 5) is 10.5. The molecule has 37 heavy (non-hydrogen) atoms. The second kappa shape index (κ2) is 9.75. The van der Waals surface area contributed by atoms with Gasteiger partial charge in [-0.1, -0.05) is 53.3 Å². The summed E-state index contributed by atoms with van der Waals surface area (Å²) in [6.45, 7) is 6.74. The van der Waals surface area contributed by atoms with Crippen molar-refractivity contribution in [1.82, 2.24) is 4.57 Å². The van der Waals surface area contributed by atoms with Gasteiger partial charge in [0, 0.05) is 49.8 Å². The molecule has 5 rings (SSSR count). The van der Waals surface area contributed by atoms with Crippen LogP contribution in [-0.2, 0) is 0 Å². The molecule has 0 fully saturated rings. The minimum atomic E-state index is -1.43. The highest BCUT2D eigenvalue weighted by atomic mass is 79.9. The predicted molar refractivity (Wildman–Crippen MR) is 158 cm³/mol. The van der Waals surface area contributed by atoms with Crippen LogP contribution < -0.4 is 0 Å². The second-order valence-electron chi connectivity index (χ2n) is 9.83. The summed E-state index contributed by atoms with van der Waals surface area (Å²) < 4.78 is 3.28. The fraction of sp³-hybridized carbons (Fsp3) is 0.0968. The molecule has 180 valence electrons. The molecule has 1 heterocycles. The fourth-order valence-corrected chi connectivity index (χ4v) is 5.00. The van der Waals surface area contributed by atoms with E-state index in [0.29, 0.717) is 0 Å². The lowest BCUT2D eigenvalue weighted by Crippen LogP contribution is -2.16. The van der Waals surface area contributed by atoms with Crippen LogP contribution in [0.25, 0.3) is 27.5 Å². The first-order valence-corrected chi connectivity index (χ1v) is 16.1. The maximum atomic E-state index is 10.9. The van der Waals surface area contributed by atoms with Gasteiger partial charge in [-0.2, -0.15) is 0 Å². The zero-order valence-corrected chi connectivity index (χ0v) is 23.3. The van der Waals surface area contributed by atoms with E-state index in [9.17, 15) is 10.1 Å². The van der Waals surface area contributed by atoms with Gasteiger partial charge in [0.1, 0.15) is 8.07 Å². The number of nitro benzene ring substituents is 1. The average molecular weight is 564 g/mol. The van der Waals surface area contributed by atoms with Crippen LogP contribution in [0.4, 0.5) is 5.69 Å². The van der Waals surface area contributed by atoms with E-state index in [0.717, 1.165) is 48.7 Å². The second-order valence-corrected chi connectivity index (χ2v) is 15.5. The lowest BCUT2D eigenvalue weighted by Gasteiger charge is -2.08. The normalized spacial score (nSPS) is 11.0. The summed E-state index contributed by atoms with van der Waals surface area (Å²) in [5.74, 6) is 9.66. The quantitative estimate of drug-likeness (QED) is 0.0944. The smallest absolute Gasteiger partial charge is 0.269 e. The molecule has 1 aromatic heterocycles. The third-order valence-electron chi connectivity index (χ3n) is 5.86. The van der Waals surface area contributed by atoms with E-state index >= 15 is 0 Å². The number of non-ortho nitro benzene ring substituents is 1. The van der Waals surface area contributed by atoms with Gasteiger partial charge in [0.05, 0.1) is 16.0 Å². The molecule has 4 nitrogen and oxygen atoms in total. The maximum absolute atomic E-state index is 10.9. The van der Waals surface area contributed by atoms with Crippen LogP contribution in [0, 0.1) is 33.4 Å². The molecule has 0 atom stereocenters. The molecule has 0 N–H and O–H groups in total. The van der Waals surface area contributed by atoms with E-state index in [1.165, 1.54) is 12.1 Å². The van der Waals surface area contributed by atoms with Gasteiger partial charge in [0.2, 0.25) is 0 Å². The third-order valence-corrected chi connectivity index (χ3v) is 7.23. The number of fused-ring (bicyclic) bond motifs is 3. The Hall–Kier alpha value is -4.10. The molecule has 0 aliphatic rings. The minimum absolute atomic E-state index is 0.0569. The van der Waals surface area contributed by atoms with Crippen molar-refractivity contribution in [2.75, 3.05) is 0 Å². The summed E-state index contributed by atoms with van der Waals surface area (Å²) in [6, 6.07) is 27.2. The van der Waals surface area contributed by atoms with Crippen molar-refractivity contribution in [2.24, 2.45) is 0 Å². The van der Waals surface area contributed by atoms with Crippen LogP contribution in [0.5, 0.6) is 0 Å². The first kappa shape index (κ1) is 24.6. The van der Waals surface area contributed by atoms with Crippen LogP contribution in [0.15, 0.2) is 89.4 Å². The Morgan fingerprint density at radius 2 is 1.27 bits per heavy atom. The summed E-state index contributed by atoms with van der Waals surface area (Å²) in [7, 11) is -1.43. The van der Waals surface area contributed by atoms with Crippen molar-refractivity contribution in [2.45, 2.75) is 19.6 Å². The van der Waals surface area contributed by atoms with Crippen molar-refractivity contribution < 1.29 is 4.92 Å². The van der Waals surface area contributed by atoms with E-state index in [2.05, 4.69) is 118 Å². The van der Waals surface area contributed by atoms with Gasteiger partial charge in [-0.3, -0.25) is 10.1 Å². The van der Waals surface area contributed by atoms with Gasteiger partial charge in [0.15, 0.2) is 0 Å². The Balaban J connectivity index is 1.58. The zero-order chi connectivity index (χ0) is 26.2. The zero-order valence-electron chi connectivity index (χ0n) is 20.7. The van der Waals surface area contributed by atoms with Crippen LogP contribution in [0.2, 0.25) is 19.6 Å². The van der Waals surface area contributed by atoms with Gasteiger partial charge in [-0.05, 0) is 72.8 Å². The molecule has 0 unspecified atom stereocenters. The number of hydrogen-bond acceptors (Lipinski definition) is 2. The Kier molecular flexibility index (Phi) is 6.48. The molecule has 0 saturated carbocycles. The molecule has 0 aliphatic heterocycles. The summed E-state index contributed by atoms with van der Waals surface area (Å²) in [5.41, 5.74) is 9.40. The molecular weight excluding hydrogens is 540 g/mol. The van der Waals surface area contributed by atoms with Gasteiger partial charge in [-0.25, -0.2) is 0 Å². The fourth-order valence-electron chi connectivity index (χ4n) is 4.12. The van der Waals surface area contributed by atoms with Crippen LogP contribution in [0.3, 0.4) is 0 Å². The number of hydrogen-bond donors (Lipinski definition) is 0. The van der Waals surface area contributed by atoms with Crippen LogP contribution >= 0.6 is 15.9 Å². The van der Waals surface area contributed by atoms with Gasteiger partial charge in [0.25, 0.3) is 5.69 Å². The van der Waals surface area contributed by atoms with E-state index in [-0.39, 0.29) is 5.69 Å². The molecule has 5 aromatic rings. The lowest BCUT2D eigenvalue weighted by molar-refractivity contribution is -0.384. The first-order chi connectivity index (χ1) is 17.7. The van der Waals surface area contributed by atoms with E-state index in [1.807, 2.05) is 6.07 Å². The molecule has 6 heteroatoms. The van der Waals surface area contributed by atoms with Crippen molar-refractivity contribution in [3.63, 3.8) is 0 Å². The minimum Gasteiger partial charge on any atom is -0.309 e. The van der Waals surface area contributed by atoms with Crippen molar-refractivity contribution in [3.05, 3.63) is 116 Å². The topological polar surface area (TPSA) is 48.1 Å². The highest BCUT2D eigenvalue weighted by Crippen LogP contribution is 2.34. The number of halogens is 1. The monoisotopic (exact) mass is 562 g/mol. The molecule has 4 aromatic carbocycles. The third kappa shape index (κ3) is 5.37. The summed E-state index contributed by atoms with van der Waals surface area (Å²) >= 11 is 3.63. The number of nitrogens with zero attached hydrogens (tertiary/aromatic N) is 2. The molecule has 0 aliphatic carbocycles. The Bertz CT molecular complexity index is 1790. The number of nitro groups is 1. The van der Waals surface area contributed by atoms with E-state index < -0.39 is 13.0 Å². The van der Waals surface area contributed by atoms with Gasteiger partial charge < -0.3 is 4.57 Å². The highest BCUT2D eigenvalue weighted by molar-refractivity contribution is 9.10. The molecule has 0 radical (unpaired) electrons. The van der Waals surface area contributed by atoms with Crippen molar-refractivity contribution >= 4 is 51.5 Å². The van der Waals surface area contributed by atoms with Gasteiger partial charge in [-0.15, -0.1) is 5.54 Å². The average Bonchev–Trinajstić information content (AvgIpc) is 3.19. The molecule has 0 amide bonds. The molecule has 0 bridgehead atoms. The Morgan fingerprint density at radius 3 is 1.92 bits per heavy atom.